The highest BCUT2D eigenvalue weighted by atomic mass is 16.5. The second kappa shape index (κ2) is 9.89. The summed E-state index contributed by atoms with van der Waals surface area (Å²) in [5.74, 6) is 1.19. The summed E-state index contributed by atoms with van der Waals surface area (Å²) in [4.78, 5) is 16.7. The number of aromatic nitrogens is 1. The van der Waals surface area contributed by atoms with Crippen molar-refractivity contribution in [1.29, 1.82) is 0 Å². The van der Waals surface area contributed by atoms with E-state index in [0.717, 1.165) is 40.6 Å². The molecule has 0 aliphatic heterocycles. The van der Waals surface area contributed by atoms with Gasteiger partial charge in [0, 0.05) is 5.39 Å². The minimum Gasteiger partial charge on any atom is -0.497 e. The first-order valence-corrected chi connectivity index (χ1v) is 9.74. The molecule has 0 spiro atoms. The number of esters is 1. The molecule has 3 aromatic rings. The summed E-state index contributed by atoms with van der Waals surface area (Å²) in [6.07, 6.45) is 2.37. The van der Waals surface area contributed by atoms with E-state index < -0.39 is 6.04 Å². The number of nitrogens with zero attached hydrogens (tertiary/aromatic N) is 1. The quantitative estimate of drug-likeness (QED) is 0.422. The summed E-state index contributed by atoms with van der Waals surface area (Å²) in [6, 6.07) is 17.6. The zero-order chi connectivity index (χ0) is 20.6. The highest BCUT2D eigenvalue weighted by Gasteiger charge is 2.19. The maximum Gasteiger partial charge on any atom is 0.328 e. The van der Waals surface area contributed by atoms with Crippen molar-refractivity contribution in [3.8, 4) is 16.9 Å². The van der Waals surface area contributed by atoms with Crippen LogP contribution in [0.2, 0.25) is 0 Å². The van der Waals surface area contributed by atoms with Crippen LogP contribution in [0.1, 0.15) is 19.3 Å². The van der Waals surface area contributed by atoms with Gasteiger partial charge in [-0.15, -0.1) is 0 Å². The van der Waals surface area contributed by atoms with Gasteiger partial charge in [-0.3, -0.25) is 0 Å². The molecule has 1 heterocycles. The summed E-state index contributed by atoms with van der Waals surface area (Å²) in [5.41, 5.74) is 8.63. The van der Waals surface area contributed by atoms with Crippen LogP contribution in [0, 0.1) is 0 Å². The van der Waals surface area contributed by atoms with E-state index >= 15 is 0 Å². The highest BCUT2D eigenvalue weighted by molar-refractivity contribution is 5.86. The molecule has 6 heteroatoms. The van der Waals surface area contributed by atoms with Crippen molar-refractivity contribution in [1.82, 2.24) is 4.98 Å². The molecule has 3 rings (SSSR count). The van der Waals surface area contributed by atoms with Crippen molar-refractivity contribution in [3.63, 3.8) is 0 Å². The maximum absolute atomic E-state index is 12.1. The second-order valence-corrected chi connectivity index (χ2v) is 6.84. The van der Waals surface area contributed by atoms with Gasteiger partial charge in [-0.1, -0.05) is 18.2 Å². The van der Waals surface area contributed by atoms with Crippen LogP contribution in [-0.2, 0) is 9.53 Å². The Bertz CT molecular complexity index is 957. The molecule has 1 aromatic heterocycles. The Balaban J connectivity index is 1.79. The highest BCUT2D eigenvalue weighted by Crippen LogP contribution is 2.26. The summed E-state index contributed by atoms with van der Waals surface area (Å²) in [5, 5.41) is 4.23. The molecule has 1 unspecified atom stereocenters. The van der Waals surface area contributed by atoms with Gasteiger partial charge in [0.2, 0.25) is 0 Å². The Labute approximate surface area is 171 Å². The van der Waals surface area contributed by atoms with E-state index in [0.29, 0.717) is 18.8 Å². The molecule has 6 nitrogen and oxygen atoms in total. The Morgan fingerprint density at radius 3 is 2.48 bits per heavy atom. The number of pyridine rings is 1. The number of carbonyl (C=O) groups is 1. The number of fused-ring (bicyclic) bond motifs is 1. The lowest BCUT2D eigenvalue weighted by molar-refractivity contribution is -0.141. The number of nitrogens with one attached hydrogen (secondary N) is 1. The Morgan fingerprint density at radius 1 is 1.03 bits per heavy atom. The van der Waals surface area contributed by atoms with Gasteiger partial charge in [0.15, 0.2) is 0 Å². The normalized spacial score (nSPS) is 11.8. The van der Waals surface area contributed by atoms with Crippen molar-refractivity contribution in [3.05, 3.63) is 54.6 Å². The molecular formula is C23H27N3O3. The van der Waals surface area contributed by atoms with Crippen LogP contribution >= 0.6 is 0 Å². The van der Waals surface area contributed by atoms with Crippen molar-refractivity contribution < 1.29 is 14.3 Å². The van der Waals surface area contributed by atoms with E-state index in [9.17, 15) is 4.79 Å². The van der Waals surface area contributed by atoms with Gasteiger partial charge in [0.05, 0.1) is 19.7 Å². The zero-order valence-electron chi connectivity index (χ0n) is 16.9. The van der Waals surface area contributed by atoms with Crippen LogP contribution < -0.4 is 15.8 Å². The van der Waals surface area contributed by atoms with Crippen LogP contribution in [0.15, 0.2) is 54.6 Å². The summed E-state index contributed by atoms with van der Waals surface area (Å²) in [6.45, 7) is 0.610. The predicted molar refractivity (Wildman–Crippen MR) is 116 cm³/mol. The summed E-state index contributed by atoms with van der Waals surface area (Å²) < 4.78 is 10.1. The van der Waals surface area contributed by atoms with Crippen molar-refractivity contribution in [2.45, 2.75) is 25.3 Å². The largest absolute Gasteiger partial charge is 0.497 e. The molecule has 29 heavy (non-hydrogen) atoms. The van der Waals surface area contributed by atoms with E-state index in [1.807, 2.05) is 48.5 Å². The van der Waals surface area contributed by atoms with Gasteiger partial charge in [-0.25, -0.2) is 9.78 Å². The predicted octanol–water partition coefficient (Wildman–Crippen LogP) is 3.99. The van der Waals surface area contributed by atoms with E-state index in [1.165, 1.54) is 7.11 Å². The lowest BCUT2D eigenvalue weighted by Gasteiger charge is -2.17. The van der Waals surface area contributed by atoms with Gasteiger partial charge in [-0.2, -0.15) is 0 Å². The second-order valence-electron chi connectivity index (χ2n) is 6.84. The van der Waals surface area contributed by atoms with Gasteiger partial charge < -0.3 is 20.5 Å². The van der Waals surface area contributed by atoms with Crippen LogP contribution in [0.5, 0.6) is 5.75 Å². The van der Waals surface area contributed by atoms with Gasteiger partial charge in [0.25, 0.3) is 0 Å². The number of carbonyl (C=O) groups excluding carboxylic acids is 1. The summed E-state index contributed by atoms with van der Waals surface area (Å²) >= 11 is 0. The van der Waals surface area contributed by atoms with E-state index in [4.69, 9.17) is 15.2 Å². The Kier molecular flexibility index (Phi) is 7.03. The molecule has 0 bridgehead atoms. The first kappa shape index (κ1) is 20.6. The number of anilines is 1. The standard InChI is InChI=1S/C23H27N3O3/c1-28-19-10-6-16(7-11-19)17-8-12-20-18(15-17)9-13-22(25-20)26-21(23(27)29-2)5-3-4-14-24/h6-13,15,21H,3-5,14,24H2,1-2H3,(H,25,26). The number of rotatable bonds is 9. The molecule has 0 fully saturated rings. The lowest BCUT2D eigenvalue weighted by atomic mass is 10.0. The third-order valence-corrected chi connectivity index (χ3v) is 4.87. The lowest BCUT2D eigenvalue weighted by Crippen LogP contribution is -2.31. The van der Waals surface area contributed by atoms with E-state index in [-0.39, 0.29) is 5.97 Å². The van der Waals surface area contributed by atoms with Crippen LogP contribution in [0.3, 0.4) is 0 Å². The average molecular weight is 393 g/mol. The van der Waals surface area contributed by atoms with Crippen LogP contribution in [0.25, 0.3) is 22.0 Å². The number of hydrogen-bond donors (Lipinski definition) is 2. The minimum absolute atomic E-state index is 0.293. The number of ether oxygens (including phenoxy) is 2. The van der Waals surface area contributed by atoms with Gasteiger partial charge >= 0.3 is 5.97 Å². The fourth-order valence-corrected chi connectivity index (χ4v) is 3.23. The molecule has 0 saturated carbocycles. The van der Waals surface area contributed by atoms with E-state index in [1.54, 1.807) is 7.11 Å². The average Bonchev–Trinajstić information content (AvgIpc) is 2.77. The molecule has 1 atom stereocenters. The first-order valence-electron chi connectivity index (χ1n) is 9.74. The zero-order valence-corrected chi connectivity index (χ0v) is 16.9. The molecular weight excluding hydrogens is 366 g/mol. The molecule has 152 valence electrons. The van der Waals surface area contributed by atoms with Crippen molar-refractivity contribution >= 4 is 22.7 Å². The van der Waals surface area contributed by atoms with Gasteiger partial charge in [0.1, 0.15) is 17.6 Å². The number of nitrogens with two attached hydrogens (primary N) is 1. The fourth-order valence-electron chi connectivity index (χ4n) is 3.23. The van der Waals surface area contributed by atoms with Crippen LogP contribution in [0.4, 0.5) is 5.82 Å². The number of hydrogen-bond acceptors (Lipinski definition) is 6. The third kappa shape index (κ3) is 5.23. The number of methoxy groups -OCH3 is 2. The van der Waals surface area contributed by atoms with Crippen molar-refractivity contribution in [2.75, 3.05) is 26.1 Å². The van der Waals surface area contributed by atoms with E-state index in [2.05, 4.69) is 16.4 Å². The first-order chi connectivity index (χ1) is 14.1. The minimum atomic E-state index is -0.435. The SMILES string of the molecule is COC(=O)C(CCCCN)Nc1ccc2cc(-c3ccc(OC)cc3)ccc2n1. The van der Waals surface area contributed by atoms with Crippen molar-refractivity contribution in [2.24, 2.45) is 5.73 Å². The molecule has 3 N–H and O–H groups in total. The van der Waals surface area contributed by atoms with Crippen LogP contribution in [-0.4, -0.2) is 37.8 Å². The molecule has 0 aliphatic carbocycles. The monoisotopic (exact) mass is 393 g/mol. The Hall–Kier alpha value is -3.12. The maximum atomic E-state index is 12.1. The molecule has 0 saturated heterocycles. The number of unbranched alkanes of at least 4 members (excludes halogenated alkanes) is 1. The molecule has 0 amide bonds. The third-order valence-electron chi connectivity index (χ3n) is 4.87. The molecule has 2 aromatic carbocycles. The molecule has 0 radical (unpaired) electrons. The smallest absolute Gasteiger partial charge is 0.328 e. The van der Waals surface area contributed by atoms with Gasteiger partial charge in [-0.05, 0) is 73.3 Å². The number of benzene rings is 2. The fraction of sp³-hybridized carbons (Fsp3) is 0.304. The molecule has 0 aliphatic rings. The summed E-state index contributed by atoms with van der Waals surface area (Å²) in [7, 11) is 3.06. The Morgan fingerprint density at radius 2 is 1.79 bits per heavy atom. The topological polar surface area (TPSA) is 86.5 Å².